The number of phenolic OH excluding ortho intramolecular Hbond substituents is 3. The van der Waals surface area contributed by atoms with Crippen molar-refractivity contribution in [3.05, 3.63) is 69.8 Å². The van der Waals surface area contributed by atoms with Gasteiger partial charge in [-0.1, -0.05) is 49.3 Å². The van der Waals surface area contributed by atoms with Crippen molar-refractivity contribution in [1.29, 1.82) is 0 Å². The minimum atomic E-state index is -0.430. The van der Waals surface area contributed by atoms with Gasteiger partial charge in [0.2, 0.25) is 0 Å². The van der Waals surface area contributed by atoms with E-state index in [0.717, 1.165) is 30.4 Å². The van der Waals surface area contributed by atoms with Gasteiger partial charge in [0.05, 0.1) is 6.10 Å². The standard InChI is InChI=1S/C34H44O5/c1-21(2)8-7-9-22(3)10-13-26-27(35)17-24(18-28(26)36)12-11-23-16-25-20-30-33(4,5)31(38)14-15-34(30,6)39-32(25)29(37)19-23/h8,10-12,16-19,30-31,35-38H,7,9,13-15,20H2,1-6H3/b12-11+,22-10+/t30-,31-,34-/m1/s1. The maximum absolute atomic E-state index is 10.8. The first kappa shape index (κ1) is 28.8. The van der Waals surface area contributed by atoms with Crippen molar-refractivity contribution in [3.63, 3.8) is 0 Å². The molecular formula is C34H44O5. The molecule has 3 atom stereocenters. The van der Waals surface area contributed by atoms with Gasteiger partial charge in [0.15, 0.2) is 11.5 Å². The quantitative estimate of drug-likeness (QED) is 0.217. The molecule has 1 fully saturated rings. The second kappa shape index (κ2) is 11.1. The van der Waals surface area contributed by atoms with Crippen LogP contribution in [0.3, 0.4) is 0 Å². The first-order chi connectivity index (χ1) is 18.3. The number of benzene rings is 2. The van der Waals surface area contributed by atoms with Gasteiger partial charge in [-0.2, -0.15) is 0 Å². The summed E-state index contributed by atoms with van der Waals surface area (Å²) >= 11 is 0. The normalized spacial score (nSPS) is 24.1. The Labute approximate surface area is 233 Å². The number of hydrogen-bond donors (Lipinski definition) is 4. The fourth-order valence-electron chi connectivity index (χ4n) is 6.23. The molecule has 0 amide bonds. The monoisotopic (exact) mass is 532 g/mol. The van der Waals surface area contributed by atoms with E-state index in [9.17, 15) is 20.4 Å². The molecule has 4 N–H and O–H groups in total. The molecule has 1 aliphatic carbocycles. The SMILES string of the molecule is CC(C)=CCC/C(C)=C/Cc1c(O)cc(/C=C/c2cc(O)c3c(c2)C[C@@H]2C(C)(C)[C@H](O)CC[C@@]2(C)O3)cc1O. The second-order valence-corrected chi connectivity index (χ2v) is 12.5. The zero-order chi connectivity index (χ0) is 28.5. The molecule has 1 heterocycles. The summed E-state index contributed by atoms with van der Waals surface area (Å²) in [4.78, 5) is 0. The molecule has 0 unspecified atom stereocenters. The molecule has 5 nitrogen and oxygen atoms in total. The molecule has 5 heteroatoms. The smallest absolute Gasteiger partial charge is 0.164 e. The van der Waals surface area contributed by atoms with Crippen molar-refractivity contribution in [3.8, 4) is 23.0 Å². The van der Waals surface area contributed by atoms with Crippen LogP contribution in [0.2, 0.25) is 0 Å². The Bertz CT molecular complexity index is 1290. The minimum Gasteiger partial charge on any atom is -0.507 e. The number of ether oxygens (including phenoxy) is 1. The molecule has 2 aromatic carbocycles. The fraction of sp³-hybridized carbons (Fsp3) is 0.471. The minimum absolute atomic E-state index is 0.0575. The van der Waals surface area contributed by atoms with Crippen molar-refractivity contribution in [2.75, 3.05) is 0 Å². The Morgan fingerprint density at radius 2 is 1.54 bits per heavy atom. The summed E-state index contributed by atoms with van der Waals surface area (Å²) in [5.74, 6) is 0.862. The Kier molecular flexibility index (Phi) is 8.22. The highest BCUT2D eigenvalue weighted by Crippen LogP contribution is 2.54. The van der Waals surface area contributed by atoms with Crippen molar-refractivity contribution >= 4 is 12.2 Å². The van der Waals surface area contributed by atoms with Gasteiger partial charge in [0.1, 0.15) is 17.1 Å². The van der Waals surface area contributed by atoms with Crippen LogP contribution >= 0.6 is 0 Å². The third kappa shape index (κ3) is 6.19. The zero-order valence-electron chi connectivity index (χ0n) is 24.2. The average molecular weight is 533 g/mol. The summed E-state index contributed by atoms with van der Waals surface area (Å²) in [7, 11) is 0. The Balaban J connectivity index is 1.52. The van der Waals surface area contributed by atoms with Crippen molar-refractivity contribution in [2.45, 2.75) is 91.8 Å². The van der Waals surface area contributed by atoms with Crippen LogP contribution in [0.5, 0.6) is 23.0 Å². The Hall–Kier alpha value is -3.18. The molecule has 4 rings (SSSR count). The van der Waals surface area contributed by atoms with E-state index in [1.165, 1.54) is 11.1 Å². The highest BCUT2D eigenvalue weighted by molar-refractivity contribution is 5.73. The fourth-order valence-corrected chi connectivity index (χ4v) is 6.23. The summed E-state index contributed by atoms with van der Waals surface area (Å²) in [6.07, 6.45) is 12.1. The zero-order valence-corrected chi connectivity index (χ0v) is 24.2. The number of hydrogen-bond acceptors (Lipinski definition) is 5. The topological polar surface area (TPSA) is 90.2 Å². The lowest BCUT2D eigenvalue weighted by atomic mass is 9.57. The maximum Gasteiger partial charge on any atom is 0.164 e. The number of allylic oxidation sites excluding steroid dienone is 4. The van der Waals surface area contributed by atoms with Gasteiger partial charge in [-0.15, -0.1) is 0 Å². The van der Waals surface area contributed by atoms with E-state index < -0.39 is 5.60 Å². The molecule has 1 saturated carbocycles. The van der Waals surface area contributed by atoms with Crippen LogP contribution in [0, 0.1) is 11.3 Å². The molecule has 2 aromatic rings. The van der Waals surface area contributed by atoms with Crippen molar-refractivity contribution in [2.24, 2.45) is 11.3 Å². The van der Waals surface area contributed by atoms with Gasteiger partial charge in [-0.25, -0.2) is 0 Å². The van der Waals surface area contributed by atoms with E-state index in [1.54, 1.807) is 18.2 Å². The van der Waals surface area contributed by atoms with Gasteiger partial charge >= 0.3 is 0 Å². The van der Waals surface area contributed by atoms with Crippen molar-refractivity contribution < 1.29 is 25.2 Å². The Morgan fingerprint density at radius 1 is 0.923 bits per heavy atom. The molecule has 0 bridgehead atoms. The van der Waals surface area contributed by atoms with Crippen LogP contribution in [0.25, 0.3) is 12.2 Å². The Morgan fingerprint density at radius 3 is 2.18 bits per heavy atom. The number of rotatable bonds is 7. The predicted molar refractivity (Wildman–Crippen MR) is 158 cm³/mol. The molecular weight excluding hydrogens is 488 g/mol. The van der Waals surface area contributed by atoms with Crippen LogP contribution in [0.15, 0.2) is 47.6 Å². The molecule has 210 valence electrons. The van der Waals surface area contributed by atoms with Gasteiger partial charge in [-0.3, -0.25) is 0 Å². The van der Waals surface area contributed by atoms with Crippen LogP contribution in [0.4, 0.5) is 0 Å². The molecule has 0 radical (unpaired) electrons. The third-order valence-corrected chi connectivity index (χ3v) is 8.78. The van der Waals surface area contributed by atoms with Gasteiger partial charge in [-0.05, 0) is 113 Å². The number of fused-ring (bicyclic) bond motifs is 2. The van der Waals surface area contributed by atoms with E-state index in [-0.39, 0.29) is 34.7 Å². The lowest BCUT2D eigenvalue weighted by Crippen LogP contribution is -2.58. The number of aliphatic hydroxyl groups is 1. The lowest BCUT2D eigenvalue weighted by molar-refractivity contribution is -0.138. The van der Waals surface area contributed by atoms with Crippen LogP contribution in [0.1, 0.15) is 89.5 Å². The van der Waals surface area contributed by atoms with Crippen LogP contribution < -0.4 is 4.74 Å². The van der Waals surface area contributed by atoms with E-state index in [4.69, 9.17) is 4.74 Å². The molecule has 1 aliphatic heterocycles. The summed E-state index contributed by atoms with van der Waals surface area (Å²) in [5, 5.41) is 42.8. The summed E-state index contributed by atoms with van der Waals surface area (Å²) < 4.78 is 6.41. The van der Waals surface area contributed by atoms with Crippen molar-refractivity contribution in [1.82, 2.24) is 0 Å². The second-order valence-electron chi connectivity index (χ2n) is 12.5. The van der Waals surface area contributed by atoms with E-state index in [2.05, 4.69) is 53.7 Å². The lowest BCUT2D eigenvalue weighted by Gasteiger charge is -2.55. The average Bonchev–Trinajstić information content (AvgIpc) is 2.84. The largest absolute Gasteiger partial charge is 0.507 e. The summed E-state index contributed by atoms with van der Waals surface area (Å²) in [6.45, 7) is 12.5. The van der Waals surface area contributed by atoms with E-state index >= 15 is 0 Å². The van der Waals surface area contributed by atoms with E-state index in [0.29, 0.717) is 36.1 Å². The molecule has 2 aliphatic rings. The highest BCUT2D eigenvalue weighted by atomic mass is 16.5. The summed E-state index contributed by atoms with van der Waals surface area (Å²) in [5.41, 5.74) is 4.68. The molecule has 0 spiro atoms. The molecule has 0 saturated heterocycles. The summed E-state index contributed by atoms with van der Waals surface area (Å²) in [6, 6.07) is 6.99. The third-order valence-electron chi connectivity index (χ3n) is 8.78. The van der Waals surface area contributed by atoms with Crippen LogP contribution in [-0.4, -0.2) is 32.1 Å². The number of aromatic hydroxyl groups is 3. The first-order valence-electron chi connectivity index (χ1n) is 14.0. The van der Waals surface area contributed by atoms with Gasteiger partial charge in [0.25, 0.3) is 0 Å². The maximum atomic E-state index is 10.8. The van der Waals surface area contributed by atoms with Gasteiger partial charge in [0, 0.05) is 11.5 Å². The molecule has 0 aromatic heterocycles. The predicted octanol–water partition coefficient (Wildman–Crippen LogP) is 7.70. The van der Waals surface area contributed by atoms with Gasteiger partial charge < -0.3 is 25.2 Å². The van der Waals surface area contributed by atoms with E-state index in [1.807, 2.05) is 18.2 Å². The number of phenols is 3. The van der Waals surface area contributed by atoms with Crippen LogP contribution in [-0.2, 0) is 12.8 Å². The number of aliphatic hydroxyl groups excluding tert-OH is 1. The first-order valence-corrected chi connectivity index (χ1v) is 14.0. The molecule has 39 heavy (non-hydrogen) atoms. The highest BCUT2D eigenvalue weighted by Gasteiger charge is 2.54.